The molecule has 0 spiro atoms. The van der Waals surface area contributed by atoms with Crippen molar-refractivity contribution in [3.05, 3.63) is 120 Å². The van der Waals surface area contributed by atoms with Crippen molar-refractivity contribution in [1.29, 1.82) is 0 Å². The van der Waals surface area contributed by atoms with Gasteiger partial charge in [0.15, 0.2) is 0 Å². The van der Waals surface area contributed by atoms with Gasteiger partial charge in [0.1, 0.15) is 22.7 Å². The van der Waals surface area contributed by atoms with E-state index in [0.29, 0.717) is 0 Å². The predicted molar refractivity (Wildman–Crippen MR) is 224 cm³/mol. The highest BCUT2D eigenvalue weighted by Crippen LogP contribution is 2.40. The zero-order valence-electron chi connectivity index (χ0n) is 31.1. The van der Waals surface area contributed by atoms with Crippen LogP contribution in [0.3, 0.4) is 0 Å². The molecule has 0 saturated heterocycles. The van der Waals surface area contributed by atoms with E-state index in [9.17, 15) is 0 Å². The largest absolute Gasteiger partial charge is 0.455 e. The number of hydrogen-bond donors (Lipinski definition) is 0. The highest BCUT2D eigenvalue weighted by atomic mass is 16.3. The lowest BCUT2D eigenvalue weighted by molar-refractivity contribution is 0.607. The third-order valence-corrected chi connectivity index (χ3v) is 11.3. The van der Waals surface area contributed by atoms with E-state index in [2.05, 4.69) is 123 Å². The highest BCUT2D eigenvalue weighted by Gasteiger charge is 2.15. The van der Waals surface area contributed by atoms with E-state index in [1.165, 1.54) is 110 Å². The summed E-state index contributed by atoms with van der Waals surface area (Å²) in [5.41, 5.74) is 7.00. The molecule has 0 saturated carbocycles. The van der Waals surface area contributed by atoms with Crippen molar-refractivity contribution in [3.8, 4) is 22.6 Å². The molecule has 0 N–H and O–H groups in total. The molecule has 8 aromatic rings. The van der Waals surface area contributed by atoms with Crippen LogP contribution in [0.25, 0.3) is 76.9 Å². The zero-order chi connectivity index (χ0) is 35.3. The average molecular weight is 685 g/mol. The minimum absolute atomic E-state index is 0.927. The van der Waals surface area contributed by atoms with Crippen molar-refractivity contribution >= 4 is 54.3 Å². The Morgan fingerprint density at radius 3 is 1.12 bits per heavy atom. The summed E-state index contributed by atoms with van der Waals surface area (Å²) >= 11 is 0. The number of unbranched alkanes of at least 4 members (excludes halogenated alkanes) is 10. The van der Waals surface area contributed by atoms with E-state index in [4.69, 9.17) is 8.83 Å². The van der Waals surface area contributed by atoms with Gasteiger partial charge in [0.2, 0.25) is 0 Å². The average Bonchev–Trinajstić information content (AvgIpc) is 3.83. The topological polar surface area (TPSA) is 26.3 Å². The molecule has 2 aromatic heterocycles. The van der Waals surface area contributed by atoms with Gasteiger partial charge in [-0.05, 0) is 82.6 Å². The summed E-state index contributed by atoms with van der Waals surface area (Å²) in [6.07, 6.45) is 18.3. The van der Waals surface area contributed by atoms with Gasteiger partial charge in [0.25, 0.3) is 0 Å². The Morgan fingerprint density at radius 1 is 0.346 bits per heavy atom. The number of hydrogen-bond acceptors (Lipinski definition) is 2. The molecule has 0 radical (unpaired) electrons. The second-order valence-corrected chi connectivity index (χ2v) is 15.0. The first-order chi connectivity index (χ1) is 25.7. The van der Waals surface area contributed by atoms with Crippen molar-refractivity contribution < 1.29 is 8.83 Å². The number of furan rings is 2. The Bertz CT molecular complexity index is 2250. The fraction of sp³-hybridized carbons (Fsp3) is 0.320. The first kappa shape index (κ1) is 34.3. The summed E-state index contributed by atoms with van der Waals surface area (Å²) in [6, 6.07) is 40.3. The van der Waals surface area contributed by atoms with E-state index < -0.39 is 0 Å². The minimum atomic E-state index is 0.927. The smallest absolute Gasteiger partial charge is 0.142 e. The molecule has 2 nitrogen and oxygen atoms in total. The standard InChI is InChI=1S/C50H52O2/c1-3-5-7-9-11-13-15-35-17-21-37(22-18-35)47-33-39-25-27-43-41-30-32-46-44(42(41)29-31-45(43)49(39)51-47)28-26-40-34-48(52-50(40)46)38-23-19-36(20-24-38)16-14-12-10-8-6-4-2/h17-34H,3-16H2,1-2H3. The molecule has 52 heavy (non-hydrogen) atoms. The monoisotopic (exact) mass is 684 g/mol. The van der Waals surface area contributed by atoms with Gasteiger partial charge in [-0.1, -0.05) is 163 Å². The Kier molecular flexibility index (Phi) is 10.4. The molecule has 0 unspecified atom stereocenters. The summed E-state index contributed by atoms with van der Waals surface area (Å²) in [5.74, 6) is 1.85. The second kappa shape index (κ2) is 15.8. The van der Waals surface area contributed by atoms with Crippen molar-refractivity contribution in [2.45, 2.75) is 104 Å². The van der Waals surface area contributed by atoms with Crippen LogP contribution in [0.5, 0.6) is 0 Å². The lowest BCUT2D eigenvalue weighted by atomic mass is 9.95. The molecule has 8 rings (SSSR count). The van der Waals surface area contributed by atoms with Crippen LogP contribution in [-0.2, 0) is 12.8 Å². The minimum Gasteiger partial charge on any atom is -0.455 e. The van der Waals surface area contributed by atoms with E-state index in [0.717, 1.165) is 68.2 Å². The third kappa shape index (κ3) is 7.13. The normalized spacial score (nSPS) is 12.0. The number of rotatable bonds is 16. The van der Waals surface area contributed by atoms with Gasteiger partial charge in [-0.3, -0.25) is 0 Å². The van der Waals surface area contributed by atoms with Crippen LogP contribution in [0.1, 0.15) is 102 Å². The number of fused-ring (bicyclic) bond motifs is 9. The Balaban J connectivity index is 1.03. The van der Waals surface area contributed by atoms with Crippen LogP contribution in [0.15, 0.2) is 118 Å². The summed E-state index contributed by atoms with van der Waals surface area (Å²) in [6.45, 7) is 4.55. The molecule has 0 aliphatic heterocycles. The quantitative estimate of drug-likeness (QED) is 0.0748. The first-order valence-corrected chi connectivity index (χ1v) is 20.1. The van der Waals surface area contributed by atoms with Crippen molar-refractivity contribution in [3.63, 3.8) is 0 Å². The molecule has 0 aliphatic rings. The van der Waals surface area contributed by atoms with Crippen LogP contribution >= 0.6 is 0 Å². The SMILES string of the molecule is CCCCCCCCc1ccc(-c2cc3ccc4c5ccc6c(ccc7cc(-c8ccc(CCCCCCCC)cc8)oc76)c5ccc4c3o2)cc1. The van der Waals surface area contributed by atoms with Crippen molar-refractivity contribution in [2.24, 2.45) is 0 Å². The molecule has 0 bridgehead atoms. The zero-order valence-corrected chi connectivity index (χ0v) is 31.1. The van der Waals surface area contributed by atoms with E-state index in [1.54, 1.807) is 0 Å². The first-order valence-electron chi connectivity index (χ1n) is 20.1. The molecule has 0 atom stereocenters. The van der Waals surface area contributed by atoms with Gasteiger partial charge in [-0.25, -0.2) is 0 Å². The molecule has 2 heteroatoms. The van der Waals surface area contributed by atoms with Gasteiger partial charge < -0.3 is 8.83 Å². The summed E-state index contributed by atoms with van der Waals surface area (Å²) in [7, 11) is 0. The second-order valence-electron chi connectivity index (χ2n) is 15.0. The summed E-state index contributed by atoms with van der Waals surface area (Å²) < 4.78 is 13.2. The maximum atomic E-state index is 6.61. The number of benzene rings is 6. The van der Waals surface area contributed by atoms with Crippen molar-refractivity contribution in [1.82, 2.24) is 0 Å². The van der Waals surface area contributed by atoms with Crippen LogP contribution < -0.4 is 0 Å². The molecule has 6 aromatic carbocycles. The highest BCUT2D eigenvalue weighted by molar-refractivity contribution is 6.24. The fourth-order valence-electron chi connectivity index (χ4n) is 8.21. The molecule has 2 heterocycles. The molecule has 0 aliphatic carbocycles. The molecular formula is C50H52O2. The third-order valence-electron chi connectivity index (χ3n) is 11.3. The van der Waals surface area contributed by atoms with E-state index in [-0.39, 0.29) is 0 Å². The fourth-order valence-corrected chi connectivity index (χ4v) is 8.21. The van der Waals surface area contributed by atoms with E-state index in [1.807, 2.05) is 0 Å². The van der Waals surface area contributed by atoms with Gasteiger partial charge >= 0.3 is 0 Å². The number of aryl methyl sites for hydroxylation is 2. The Hall–Kier alpha value is -4.82. The van der Waals surface area contributed by atoms with Crippen LogP contribution in [-0.4, -0.2) is 0 Å². The summed E-state index contributed by atoms with van der Waals surface area (Å²) in [4.78, 5) is 0. The molecule has 0 amide bonds. The Morgan fingerprint density at radius 2 is 0.692 bits per heavy atom. The Labute approximate surface area is 308 Å². The van der Waals surface area contributed by atoms with Gasteiger partial charge in [0, 0.05) is 32.7 Å². The maximum Gasteiger partial charge on any atom is 0.142 e. The predicted octanol–water partition coefficient (Wildman–Crippen LogP) is 15.8. The van der Waals surface area contributed by atoms with Crippen LogP contribution in [0, 0.1) is 0 Å². The van der Waals surface area contributed by atoms with Gasteiger partial charge in [-0.15, -0.1) is 0 Å². The molecular weight excluding hydrogens is 633 g/mol. The lowest BCUT2D eigenvalue weighted by Crippen LogP contribution is -1.86. The lowest BCUT2D eigenvalue weighted by Gasteiger charge is -2.08. The van der Waals surface area contributed by atoms with Crippen LogP contribution in [0.4, 0.5) is 0 Å². The summed E-state index contributed by atoms with van der Waals surface area (Å²) in [5, 5.41) is 9.46. The van der Waals surface area contributed by atoms with Crippen molar-refractivity contribution in [2.75, 3.05) is 0 Å². The van der Waals surface area contributed by atoms with Crippen LogP contribution in [0.2, 0.25) is 0 Å². The maximum absolute atomic E-state index is 6.61. The van der Waals surface area contributed by atoms with Gasteiger partial charge in [0.05, 0.1) is 0 Å². The molecule has 0 fully saturated rings. The molecule has 264 valence electrons. The van der Waals surface area contributed by atoms with Gasteiger partial charge in [-0.2, -0.15) is 0 Å². The van der Waals surface area contributed by atoms with E-state index >= 15 is 0 Å².